The van der Waals surface area contributed by atoms with E-state index < -0.39 is 17.2 Å². The lowest BCUT2D eigenvalue weighted by Gasteiger charge is -2.31. The van der Waals surface area contributed by atoms with Gasteiger partial charge >= 0.3 is 6.09 Å². The molecule has 1 fully saturated rings. The zero-order valence-electron chi connectivity index (χ0n) is 17.8. The second-order valence-electron chi connectivity index (χ2n) is 8.69. The Morgan fingerprint density at radius 1 is 1.21 bits per heavy atom. The number of rotatable bonds is 5. The highest BCUT2D eigenvalue weighted by molar-refractivity contribution is 6.00. The highest BCUT2D eigenvalue weighted by Crippen LogP contribution is 2.34. The Hall–Kier alpha value is -2.70. The zero-order chi connectivity index (χ0) is 21.2. The van der Waals surface area contributed by atoms with Crippen LogP contribution in [-0.4, -0.2) is 36.8 Å². The molecule has 0 unspecified atom stereocenters. The molecule has 158 valence electrons. The highest BCUT2D eigenvalue weighted by atomic mass is 16.6. The summed E-state index contributed by atoms with van der Waals surface area (Å²) in [5, 5.41) is 6.78. The molecule has 1 aliphatic carbocycles. The molecule has 1 heterocycles. The SMILES string of the molecule is COc1cccc2c(C)c(C(=O)NC3(CNC(=O)OC(C)(C)C)CCCC3)oc12. The second kappa shape index (κ2) is 7.97. The van der Waals surface area contributed by atoms with E-state index in [1.807, 2.05) is 39.8 Å². The van der Waals surface area contributed by atoms with Crippen LogP contribution in [0, 0.1) is 6.92 Å². The summed E-state index contributed by atoms with van der Waals surface area (Å²) in [7, 11) is 1.57. The average Bonchev–Trinajstić information content (AvgIpc) is 3.24. The van der Waals surface area contributed by atoms with Crippen molar-refractivity contribution in [2.75, 3.05) is 13.7 Å². The number of hydrogen-bond donors (Lipinski definition) is 2. The molecule has 1 aromatic carbocycles. The Morgan fingerprint density at radius 2 is 1.90 bits per heavy atom. The van der Waals surface area contributed by atoms with E-state index in [0.717, 1.165) is 36.6 Å². The zero-order valence-corrected chi connectivity index (χ0v) is 17.8. The minimum atomic E-state index is -0.569. The Balaban J connectivity index is 1.77. The van der Waals surface area contributed by atoms with E-state index in [2.05, 4.69) is 10.6 Å². The fourth-order valence-corrected chi connectivity index (χ4v) is 3.85. The average molecular weight is 402 g/mol. The van der Waals surface area contributed by atoms with Crippen molar-refractivity contribution >= 4 is 23.0 Å². The second-order valence-corrected chi connectivity index (χ2v) is 8.69. The molecule has 1 saturated carbocycles. The molecular weight excluding hydrogens is 372 g/mol. The van der Waals surface area contributed by atoms with Crippen LogP contribution in [0.25, 0.3) is 11.0 Å². The maximum Gasteiger partial charge on any atom is 0.407 e. The van der Waals surface area contributed by atoms with Gasteiger partial charge in [0, 0.05) is 17.5 Å². The maximum atomic E-state index is 13.1. The number of carbonyl (C=O) groups excluding carboxylic acids is 2. The Kier molecular flexibility index (Phi) is 5.78. The van der Waals surface area contributed by atoms with E-state index in [-0.39, 0.29) is 11.7 Å². The molecule has 0 aliphatic heterocycles. The van der Waals surface area contributed by atoms with Gasteiger partial charge in [0.25, 0.3) is 5.91 Å². The minimum absolute atomic E-state index is 0.271. The van der Waals surface area contributed by atoms with Crippen molar-refractivity contribution in [3.8, 4) is 5.75 Å². The lowest BCUT2D eigenvalue weighted by Crippen LogP contribution is -2.54. The van der Waals surface area contributed by atoms with Crippen LogP contribution in [-0.2, 0) is 4.74 Å². The molecule has 0 saturated heterocycles. The number of furan rings is 1. The van der Waals surface area contributed by atoms with Crippen LogP contribution in [0.2, 0.25) is 0 Å². The van der Waals surface area contributed by atoms with Crippen molar-refractivity contribution in [2.45, 2.75) is 64.5 Å². The van der Waals surface area contributed by atoms with Crippen LogP contribution in [0.1, 0.15) is 62.6 Å². The van der Waals surface area contributed by atoms with Gasteiger partial charge < -0.3 is 24.5 Å². The molecule has 0 radical (unpaired) electrons. The molecular formula is C22H30N2O5. The fourth-order valence-electron chi connectivity index (χ4n) is 3.85. The van der Waals surface area contributed by atoms with Crippen molar-refractivity contribution in [1.29, 1.82) is 0 Å². The number of nitrogens with one attached hydrogen (secondary N) is 2. The van der Waals surface area contributed by atoms with E-state index >= 15 is 0 Å². The number of amides is 2. The summed E-state index contributed by atoms with van der Waals surface area (Å²) in [6.07, 6.45) is 3.07. The van der Waals surface area contributed by atoms with Crippen molar-refractivity contribution in [2.24, 2.45) is 0 Å². The van der Waals surface area contributed by atoms with Gasteiger partial charge in [-0.15, -0.1) is 0 Å². The lowest BCUT2D eigenvalue weighted by atomic mass is 9.97. The molecule has 2 N–H and O–H groups in total. The maximum absolute atomic E-state index is 13.1. The largest absolute Gasteiger partial charge is 0.493 e. The smallest absolute Gasteiger partial charge is 0.407 e. The van der Waals surface area contributed by atoms with Crippen molar-refractivity contribution in [1.82, 2.24) is 10.6 Å². The summed E-state index contributed by atoms with van der Waals surface area (Å²) in [6, 6.07) is 5.58. The number of benzene rings is 1. The molecule has 29 heavy (non-hydrogen) atoms. The van der Waals surface area contributed by atoms with E-state index in [1.54, 1.807) is 13.2 Å². The number of fused-ring (bicyclic) bond motifs is 1. The Morgan fingerprint density at radius 3 is 2.52 bits per heavy atom. The van der Waals surface area contributed by atoms with Crippen molar-refractivity contribution in [3.05, 3.63) is 29.5 Å². The molecule has 0 spiro atoms. The highest BCUT2D eigenvalue weighted by Gasteiger charge is 2.37. The molecule has 0 atom stereocenters. The number of carbonyl (C=O) groups is 2. The first-order valence-corrected chi connectivity index (χ1v) is 10.00. The van der Waals surface area contributed by atoms with Crippen molar-refractivity contribution < 1.29 is 23.5 Å². The number of aryl methyl sites for hydroxylation is 1. The molecule has 0 bridgehead atoms. The van der Waals surface area contributed by atoms with Gasteiger partial charge in [-0.2, -0.15) is 0 Å². The molecule has 2 amide bonds. The van der Waals surface area contributed by atoms with E-state index in [1.165, 1.54) is 0 Å². The minimum Gasteiger partial charge on any atom is -0.493 e. The van der Waals surface area contributed by atoms with E-state index in [9.17, 15) is 9.59 Å². The molecule has 7 nitrogen and oxygen atoms in total. The first-order chi connectivity index (χ1) is 13.6. The quantitative estimate of drug-likeness (QED) is 0.777. The third-order valence-electron chi connectivity index (χ3n) is 5.26. The van der Waals surface area contributed by atoms with Crippen molar-refractivity contribution in [3.63, 3.8) is 0 Å². The molecule has 1 aromatic heterocycles. The third-order valence-corrected chi connectivity index (χ3v) is 5.26. The van der Waals surface area contributed by atoms with Gasteiger partial charge in [0.15, 0.2) is 17.1 Å². The number of hydrogen-bond acceptors (Lipinski definition) is 5. The third kappa shape index (κ3) is 4.66. The van der Waals surface area contributed by atoms with Gasteiger partial charge in [-0.25, -0.2) is 4.79 Å². The number of para-hydroxylation sites is 1. The van der Waals surface area contributed by atoms with Gasteiger partial charge in [0.2, 0.25) is 0 Å². The van der Waals surface area contributed by atoms with Gasteiger partial charge in [0.05, 0.1) is 12.6 Å². The normalized spacial score (nSPS) is 15.9. The molecule has 1 aliphatic rings. The summed E-state index contributed by atoms with van der Waals surface area (Å²) >= 11 is 0. The van der Waals surface area contributed by atoms with Crippen LogP contribution in [0.5, 0.6) is 5.75 Å². The van der Waals surface area contributed by atoms with Gasteiger partial charge in [-0.3, -0.25) is 4.79 Å². The van der Waals surface area contributed by atoms with E-state index in [4.69, 9.17) is 13.9 Å². The monoisotopic (exact) mass is 402 g/mol. The van der Waals surface area contributed by atoms with Gasteiger partial charge in [0.1, 0.15) is 5.60 Å². The molecule has 7 heteroatoms. The van der Waals surface area contributed by atoms with Crippen LogP contribution >= 0.6 is 0 Å². The number of alkyl carbamates (subject to hydrolysis) is 1. The Bertz CT molecular complexity index is 904. The fraction of sp³-hybridized carbons (Fsp3) is 0.545. The molecule has 3 rings (SSSR count). The molecule has 2 aromatic rings. The van der Waals surface area contributed by atoms with Crippen LogP contribution < -0.4 is 15.4 Å². The first kappa shape index (κ1) is 21.0. The summed E-state index contributed by atoms with van der Waals surface area (Å²) in [5.74, 6) is 0.577. The van der Waals surface area contributed by atoms with Crippen LogP contribution in [0.3, 0.4) is 0 Å². The topological polar surface area (TPSA) is 89.8 Å². The summed E-state index contributed by atoms with van der Waals surface area (Å²) in [5.41, 5.74) is 0.249. The van der Waals surface area contributed by atoms with Gasteiger partial charge in [-0.05, 0) is 46.6 Å². The summed E-state index contributed by atoms with van der Waals surface area (Å²) in [6.45, 7) is 7.63. The lowest BCUT2D eigenvalue weighted by molar-refractivity contribution is 0.0504. The first-order valence-electron chi connectivity index (χ1n) is 10.00. The predicted molar refractivity (Wildman–Crippen MR) is 110 cm³/mol. The van der Waals surface area contributed by atoms with Crippen LogP contribution in [0.15, 0.2) is 22.6 Å². The number of methoxy groups -OCH3 is 1. The van der Waals surface area contributed by atoms with Crippen LogP contribution in [0.4, 0.5) is 4.79 Å². The Labute approximate surface area is 171 Å². The number of ether oxygens (including phenoxy) is 2. The standard InChI is InChI=1S/C22H30N2O5/c1-14-15-9-8-10-16(27-5)18(15)28-17(14)19(25)24-22(11-6-7-12-22)13-23-20(26)29-21(2,3)4/h8-10H,6-7,11-13H2,1-5H3,(H,23,26)(H,24,25). The summed E-state index contributed by atoms with van der Waals surface area (Å²) in [4.78, 5) is 25.2. The predicted octanol–water partition coefficient (Wildman–Crippen LogP) is 4.32. The van der Waals surface area contributed by atoms with E-state index in [0.29, 0.717) is 17.9 Å². The van der Waals surface area contributed by atoms with Gasteiger partial charge in [-0.1, -0.05) is 25.0 Å². The summed E-state index contributed by atoms with van der Waals surface area (Å²) < 4.78 is 16.5.